The van der Waals surface area contributed by atoms with Gasteiger partial charge >= 0.3 is 17.9 Å². The van der Waals surface area contributed by atoms with Gasteiger partial charge in [0.05, 0.1) is 20.3 Å². The van der Waals surface area contributed by atoms with Gasteiger partial charge in [-0.3, -0.25) is 9.59 Å². The van der Waals surface area contributed by atoms with E-state index in [0.717, 1.165) is 0 Å². The number of fused-ring (bicyclic) bond motifs is 3. The molecule has 0 saturated carbocycles. The number of hydrogen-bond acceptors (Lipinski definition) is 9. The standard InChI is InChI=1S/C20H24O9/c1-6-12(26-9(2)21)13-8-15-17(28-13)11-7-14(24-4)18(25-5)19(27-10(3)22)16(11)20(23)29-15/h7,12-13,15,17H,6,8H2,1-5H3/t12-,13+,15+,17+/m1/s1. The topological polar surface area (TPSA) is 107 Å². The van der Waals surface area contributed by atoms with Crippen molar-refractivity contribution in [3.8, 4) is 17.2 Å². The predicted octanol–water partition coefficient (Wildman–Crippen LogP) is 2.34. The molecular weight excluding hydrogens is 384 g/mol. The molecule has 2 aliphatic heterocycles. The summed E-state index contributed by atoms with van der Waals surface area (Å²) in [5.74, 6) is -1.36. The number of benzene rings is 1. The SMILES string of the molecule is CC[C@@H](OC(C)=O)[C@@H]1C[C@@H]2OC(=O)c3c(cc(OC)c(OC)c3OC(C)=O)[C@@H]2O1. The molecule has 0 radical (unpaired) electrons. The third kappa shape index (κ3) is 3.87. The quantitative estimate of drug-likeness (QED) is 0.518. The van der Waals surface area contributed by atoms with Gasteiger partial charge in [0.1, 0.15) is 23.9 Å². The van der Waals surface area contributed by atoms with Crippen molar-refractivity contribution < 1.29 is 42.8 Å². The molecule has 1 saturated heterocycles. The summed E-state index contributed by atoms with van der Waals surface area (Å²) in [7, 11) is 2.81. The highest BCUT2D eigenvalue weighted by Gasteiger charge is 2.49. The van der Waals surface area contributed by atoms with E-state index in [9.17, 15) is 14.4 Å². The fourth-order valence-corrected chi connectivity index (χ4v) is 3.80. The van der Waals surface area contributed by atoms with Crippen LogP contribution in [0.4, 0.5) is 0 Å². The van der Waals surface area contributed by atoms with Crippen LogP contribution in [0.2, 0.25) is 0 Å². The van der Waals surface area contributed by atoms with Crippen LogP contribution in [-0.4, -0.2) is 50.4 Å². The highest BCUT2D eigenvalue weighted by atomic mass is 16.6. The molecule has 0 aliphatic carbocycles. The molecule has 1 aromatic rings. The van der Waals surface area contributed by atoms with E-state index in [2.05, 4.69) is 0 Å². The van der Waals surface area contributed by atoms with Gasteiger partial charge in [0, 0.05) is 25.8 Å². The van der Waals surface area contributed by atoms with Crippen LogP contribution in [0.1, 0.15) is 55.6 Å². The van der Waals surface area contributed by atoms with Crippen LogP contribution in [0.25, 0.3) is 0 Å². The average Bonchev–Trinajstić information content (AvgIpc) is 3.08. The van der Waals surface area contributed by atoms with Gasteiger partial charge in [-0.15, -0.1) is 0 Å². The van der Waals surface area contributed by atoms with Crippen molar-refractivity contribution in [1.82, 2.24) is 0 Å². The second-order valence-corrected chi connectivity index (χ2v) is 6.83. The molecule has 2 aliphatic rings. The predicted molar refractivity (Wildman–Crippen MR) is 98.1 cm³/mol. The molecule has 0 amide bonds. The van der Waals surface area contributed by atoms with Crippen LogP contribution in [0.15, 0.2) is 6.07 Å². The van der Waals surface area contributed by atoms with Crippen molar-refractivity contribution in [1.29, 1.82) is 0 Å². The zero-order chi connectivity index (χ0) is 21.3. The summed E-state index contributed by atoms with van der Waals surface area (Å²) in [6, 6.07) is 1.62. The van der Waals surface area contributed by atoms with Crippen LogP contribution in [0, 0.1) is 0 Å². The minimum atomic E-state index is -0.650. The lowest BCUT2D eigenvalue weighted by atomic mass is 9.93. The first kappa shape index (κ1) is 20.9. The second-order valence-electron chi connectivity index (χ2n) is 6.83. The van der Waals surface area contributed by atoms with Gasteiger partial charge in [-0.1, -0.05) is 6.92 Å². The Balaban J connectivity index is 2.05. The molecule has 0 unspecified atom stereocenters. The fourth-order valence-electron chi connectivity index (χ4n) is 3.80. The number of ether oxygens (including phenoxy) is 6. The van der Waals surface area contributed by atoms with Crippen molar-refractivity contribution in [3.05, 3.63) is 17.2 Å². The Hall–Kier alpha value is -2.81. The Morgan fingerprint density at radius 1 is 1.17 bits per heavy atom. The molecule has 0 bridgehead atoms. The van der Waals surface area contributed by atoms with Crippen LogP contribution in [-0.2, 0) is 23.8 Å². The number of esters is 3. The Kier molecular flexibility index (Phi) is 5.97. The third-order valence-electron chi connectivity index (χ3n) is 4.93. The summed E-state index contributed by atoms with van der Waals surface area (Å²) in [4.78, 5) is 35.8. The Morgan fingerprint density at radius 3 is 2.45 bits per heavy atom. The first-order valence-electron chi connectivity index (χ1n) is 9.31. The van der Waals surface area contributed by atoms with Gasteiger partial charge in [0.25, 0.3) is 0 Å². The van der Waals surface area contributed by atoms with Crippen LogP contribution < -0.4 is 14.2 Å². The second kappa shape index (κ2) is 8.28. The molecule has 4 atom stereocenters. The molecule has 1 fully saturated rings. The summed E-state index contributed by atoms with van der Waals surface area (Å²) in [6.45, 7) is 4.43. The molecule has 3 rings (SSSR count). The number of carbonyl (C=O) groups excluding carboxylic acids is 3. The zero-order valence-corrected chi connectivity index (χ0v) is 17.0. The monoisotopic (exact) mass is 408 g/mol. The molecule has 2 heterocycles. The minimum absolute atomic E-state index is 0.0558. The van der Waals surface area contributed by atoms with E-state index in [0.29, 0.717) is 18.4 Å². The number of hydrogen-bond donors (Lipinski definition) is 0. The lowest BCUT2D eigenvalue weighted by Gasteiger charge is -2.29. The largest absolute Gasteiger partial charge is 0.493 e. The lowest BCUT2D eigenvalue weighted by Crippen LogP contribution is -2.30. The van der Waals surface area contributed by atoms with E-state index in [1.807, 2.05) is 6.92 Å². The molecule has 0 N–H and O–H groups in total. The van der Waals surface area contributed by atoms with Gasteiger partial charge in [-0.05, 0) is 12.5 Å². The summed E-state index contributed by atoms with van der Waals surface area (Å²) in [5.41, 5.74) is 0.528. The normalized spacial score (nSPS) is 23.3. The summed E-state index contributed by atoms with van der Waals surface area (Å²) in [6.07, 6.45) is -1.16. The zero-order valence-electron chi connectivity index (χ0n) is 17.0. The molecule has 158 valence electrons. The minimum Gasteiger partial charge on any atom is -0.493 e. The first-order valence-corrected chi connectivity index (χ1v) is 9.31. The third-order valence-corrected chi connectivity index (χ3v) is 4.93. The number of rotatable bonds is 6. The van der Waals surface area contributed by atoms with Crippen molar-refractivity contribution in [2.45, 2.75) is 58.0 Å². The van der Waals surface area contributed by atoms with Gasteiger partial charge in [0.15, 0.2) is 11.5 Å². The van der Waals surface area contributed by atoms with Crippen LogP contribution >= 0.6 is 0 Å². The lowest BCUT2D eigenvalue weighted by molar-refractivity contribution is -0.154. The molecule has 9 nitrogen and oxygen atoms in total. The van der Waals surface area contributed by atoms with Crippen molar-refractivity contribution in [2.24, 2.45) is 0 Å². The van der Waals surface area contributed by atoms with Gasteiger partial charge in [0.2, 0.25) is 5.75 Å². The summed E-state index contributed by atoms with van der Waals surface area (Å²) < 4.78 is 33.0. The molecule has 1 aromatic carbocycles. The van der Waals surface area contributed by atoms with Crippen molar-refractivity contribution >= 4 is 17.9 Å². The molecule has 29 heavy (non-hydrogen) atoms. The maximum atomic E-state index is 12.8. The van der Waals surface area contributed by atoms with E-state index >= 15 is 0 Å². The molecular formula is C20H24O9. The number of carbonyl (C=O) groups is 3. The van der Waals surface area contributed by atoms with E-state index in [-0.39, 0.29) is 22.8 Å². The van der Waals surface area contributed by atoms with Crippen molar-refractivity contribution in [2.75, 3.05) is 14.2 Å². The molecule has 9 heteroatoms. The van der Waals surface area contributed by atoms with Crippen LogP contribution in [0.3, 0.4) is 0 Å². The summed E-state index contributed by atoms with van der Waals surface area (Å²) >= 11 is 0. The highest BCUT2D eigenvalue weighted by molar-refractivity contribution is 5.98. The van der Waals surface area contributed by atoms with Crippen molar-refractivity contribution in [3.63, 3.8) is 0 Å². The molecule has 0 aromatic heterocycles. The Bertz CT molecular complexity index is 832. The molecule has 0 spiro atoms. The smallest absolute Gasteiger partial charge is 0.342 e. The number of methoxy groups -OCH3 is 2. The van der Waals surface area contributed by atoms with E-state index in [4.69, 9.17) is 28.4 Å². The maximum absolute atomic E-state index is 12.8. The van der Waals surface area contributed by atoms with E-state index in [1.54, 1.807) is 6.07 Å². The van der Waals surface area contributed by atoms with E-state index in [1.165, 1.54) is 28.1 Å². The Morgan fingerprint density at radius 2 is 1.90 bits per heavy atom. The average molecular weight is 408 g/mol. The maximum Gasteiger partial charge on any atom is 0.342 e. The summed E-state index contributed by atoms with van der Waals surface area (Å²) in [5, 5.41) is 0. The fraction of sp³-hybridized carbons (Fsp3) is 0.550. The Labute approximate surface area is 168 Å². The van der Waals surface area contributed by atoms with Crippen LogP contribution in [0.5, 0.6) is 17.2 Å². The van der Waals surface area contributed by atoms with Gasteiger partial charge in [-0.25, -0.2) is 4.79 Å². The van der Waals surface area contributed by atoms with Gasteiger partial charge < -0.3 is 28.4 Å². The first-order chi connectivity index (χ1) is 13.8. The van der Waals surface area contributed by atoms with Gasteiger partial charge in [-0.2, -0.15) is 0 Å². The highest BCUT2D eigenvalue weighted by Crippen LogP contribution is 2.50. The van der Waals surface area contributed by atoms with E-state index < -0.39 is 42.3 Å².